The Labute approximate surface area is 178 Å². The maximum atomic E-state index is 14.2. The third-order valence-electron chi connectivity index (χ3n) is 5.13. The van der Waals surface area contributed by atoms with Crippen molar-refractivity contribution in [3.05, 3.63) is 65.5 Å². The van der Waals surface area contributed by atoms with Gasteiger partial charge < -0.3 is 9.84 Å². The molecule has 0 bridgehead atoms. The van der Waals surface area contributed by atoms with Gasteiger partial charge in [-0.2, -0.15) is 14.0 Å². The number of aliphatic hydroxyl groups excluding tert-OH is 1. The van der Waals surface area contributed by atoms with E-state index in [1.54, 1.807) is 6.07 Å². The van der Waals surface area contributed by atoms with Crippen molar-refractivity contribution in [2.75, 3.05) is 0 Å². The van der Waals surface area contributed by atoms with E-state index < -0.39 is 31.9 Å². The fraction of sp³-hybridized carbons (Fsp3) is 0.318. The third kappa shape index (κ3) is 4.60. The summed E-state index contributed by atoms with van der Waals surface area (Å²) in [5, 5.41) is 15.5. The molecular formula is C22H20F3NO4S. The zero-order chi connectivity index (χ0) is 23.0. The van der Waals surface area contributed by atoms with Gasteiger partial charge in [-0.3, -0.25) is 0 Å². The number of nitriles is 1. The number of hydrogen-bond donors (Lipinski definition) is 1. The third-order valence-corrected chi connectivity index (χ3v) is 6.94. The first-order valence-electron chi connectivity index (χ1n) is 9.46. The van der Waals surface area contributed by atoms with Crippen molar-refractivity contribution < 1.29 is 31.4 Å². The highest BCUT2D eigenvalue weighted by atomic mass is 32.2. The second-order valence-electron chi connectivity index (χ2n) is 7.45. The van der Waals surface area contributed by atoms with Gasteiger partial charge >= 0.3 is 5.25 Å². The predicted molar refractivity (Wildman–Crippen MR) is 107 cm³/mol. The summed E-state index contributed by atoms with van der Waals surface area (Å²) in [4.78, 5) is -0.715. The Morgan fingerprint density at radius 3 is 2.61 bits per heavy atom. The SMILES string of the molecule is C=CC(F)(F)S(=O)(=O)c1ccc(Oc2cc(F)cc(C#N)c2)c(C)c1C(O)CC1CC1. The molecule has 9 heteroatoms. The van der Waals surface area contributed by atoms with Gasteiger partial charge in [-0.1, -0.05) is 19.4 Å². The van der Waals surface area contributed by atoms with Crippen LogP contribution in [-0.2, 0) is 9.84 Å². The quantitative estimate of drug-likeness (QED) is 0.559. The Hall–Kier alpha value is -2.83. The summed E-state index contributed by atoms with van der Waals surface area (Å²) >= 11 is 0. The van der Waals surface area contributed by atoms with Crippen LogP contribution in [0.25, 0.3) is 0 Å². The van der Waals surface area contributed by atoms with Crippen LogP contribution in [0.3, 0.4) is 0 Å². The Bertz CT molecular complexity index is 1170. The van der Waals surface area contributed by atoms with Crippen LogP contribution in [0.15, 0.2) is 47.9 Å². The number of benzene rings is 2. The van der Waals surface area contributed by atoms with Gasteiger partial charge in [-0.05, 0) is 55.2 Å². The Balaban J connectivity index is 2.13. The predicted octanol–water partition coefficient (Wildman–Crippen LogP) is 5.18. The molecule has 0 aliphatic heterocycles. The number of hydrogen-bond acceptors (Lipinski definition) is 5. The minimum absolute atomic E-state index is 0.00599. The highest BCUT2D eigenvalue weighted by Crippen LogP contribution is 2.44. The number of nitrogens with zero attached hydrogens (tertiary/aromatic N) is 1. The van der Waals surface area contributed by atoms with E-state index in [1.165, 1.54) is 13.0 Å². The van der Waals surface area contributed by atoms with E-state index in [0.29, 0.717) is 0 Å². The van der Waals surface area contributed by atoms with Crippen LogP contribution in [0, 0.1) is 30.0 Å². The summed E-state index contributed by atoms with van der Waals surface area (Å²) in [6.07, 6.45) is 0.651. The lowest BCUT2D eigenvalue weighted by molar-refractivity contribution is 0.144. The van der Waals surface area contributed by atoms with Gasteiger partial charge in [-0.15, -0.1) is 0 Å². The molecule has 2 aromatic rings. The molecule has 1 atom stereocenters. The van der Waals surface area contributed by atoms with Crippen molar-refractivity contribution in [3.8, 4) is 17.6 Å². The molecule has 1 aliphatic rings. The van der Waals surface area contributed by atoms with Gasteiger partial charge in [0.25, 0.3) is 0 Å². The van der Waals surface area contributed by atoms with Crippen LogP contribution in [0.2, 0.25) is 0 Å². The van der Waals surface area contributed by atoms with Gasteiger partial charge in [-0.25, -0.2) is 12.8 Å². The molecule has 1 unspecified atom stereocenters. The Kier molecular flexibility index (Phi) is 6.16. The zero-order valence-corrected chi connectivity index (χ0v) is 17.4. The number of halogens is 3. The van der Waals surface area contributed by atoms with E-state index in [4.69, 9.17) is 10.00 Å². The van der Waals surface area contributed by atoms with Crippen LogP contribution in [0.5, 0.6) is 11.5 Å². The molecule has 3 rings (SSSR count). The molecule has 2 aromatic carbocycles. The Morgan fingerprint density at radius 1 is 1.35 bits per heavy atom. The van der Waals surface area contributed by atoms with Crippen molar-refractivity contribution in [3.63, 3.8) is 0 Å². The molecule has 0 aromatic heterocycles. The number of sulfone groups is 1. The summed E-state index contributed by atoms with van der Waals surface area (Å²) in [6.45, 7) is 4.33. The summed E-state index contributed by atoms with van der Waals surface area (Å²) in [6, 6.07) is 7.19. The van der Waals surface area contributed by atoms with Gasteiger partial charge in [0.15, 0.2) is 0 Å². The number of ether oxygens (including phenoxy) is 1. The van der Waals surface area contributed by atoms with E-state index in [2.05, 4.69) is 6.58 Å². The first-order chi connectivity index (χ1) is 14.5. The fourth-order valence-corrected chi connectivity index (χ4v) is 4.64. The average molecular weight is 451 g/mol. The van der Waals surface area contributed by atoms with Gasteiger partial charge in [0.1, 0.15) is 17.3 Å². The normalized spacial score (nSPS) is 15.2. The summed E-state index contributed by atoms with van der Waals surface area (Å²) in [7, 11) is -5.18. The van der Waals surface area contributed by atoms with E-state index in [0.717, 1.165) is 37.1 Å². The molecule has 0 amide bonds. The molecular weight excluding hydrogens is 431 g/mol. The molecule has 0 heterocycles. The number of rotatable bonds is 8. The second kappa shape index (κ2) is 8.36. The van der Waals surface area contributed by atoms with Crippen LogP contribution < -0.4 is 4.74 Å². The van der Waals surface area contributed by atoms with Crippen molar-refractivity contribution in [2.45, 2.75) is 42.4 Å². The molecule has 0 radical (unpaired) electrons. The molecule has 1 fully saturated rings. The first-order valence-corrected chi connectivity index (χ1v) is 10.9. The van der Waals surface area contributed by atoms with E-state index in [1.807, 2.05) is 0 Å². The number of alkyl halides is 2. The van der Waals surface area contributed by atoms with Crippen molar-refractivity contribution in [2.24, 2.45) is 5.92 Å². The van der Waals surface area contributed by atoms with Crippen LogP contribution in [-0.4, -0.2) is 18.8 Å². The molecule has 5 nitrogen and oxygen atoms in total. The van der Waals surface area contributed by atoms with Gasteiger partial charge in [0.05, 0.1) is 22.6 Å². The van der Waals surface area contributed by atoms with Crippen LogP contribution in [0.1, 0.15) is 42.1 Å². The highest BCUT2D eigenvalue weighted by molar-refractivity contribution is 7.92. The van der Waals surface area contributed by atoms with Gasteiger partial charge in [0.2, 0.25) is 9.84 Å². The molecule has 1 N–H and O–H groups in total. The second-order valence-corrected chi connectivity index (χ2v) is 9.45. The summed E-state index contributed by atoms with van der Waals surface area (Å²) in [5.74, 6) is -0.532. The fourth-order valence-electron chi connectivity index (χ4n) is 3.30. The average Bonchev–Trinajstić information content (AvgIpc) is 3.52. The summed E-state index contributed by atoms with van der Waals surface area (Å²) in [5.41, 5.74) is -0.0637. The smallest absolute Gasteiger partial charge is 0.368 e. The summed E-state index contributed by atoms with van der Waals surface area (Å²) < 4.78 is 72.8. The zero-order valence-electron chi connectivity index (χ0n) is 16.6. The molecule has 1 saturated carbocycles. The van der Waals surface area contributed by atoms with Crippen LogP contribution in [0.4, 0.5) is 13.2 Å². The van der Waals surface area contributed by atoms with Crippen molar-refractivity contribution in [1.29, 1.82) is 5.26 Å². The molecule has 0 spiro atoms. The Morgan fingerprint density at radius 2 is 2.03 bits per heavy atom. The maximum absolute atomic E-state index is 14.2. The van der Waals surface area contributed by atoms with Crippen LogP contribution >= 0.6 is 0 Å². The molecule has 1 aliphatic carbocycles. The number of aliphatic hydroxyl groups is 1. The topological polar surface area (TPSA) is 87.4 Å². The minimum Gasteiger partial charge on any atom is -0.457 e. The van der Waals surface area contributed by atoms with Crippen molar-refractivity contribution >= 4 is 9.84 Å². The monoisotopic (exact) mass is 451 g/mol. The van der Waals surface area contributed by atoms with E-state index in [-0.39, 0.29) is 46.6 Å². The minimum atomic E-state index is -5.18. The van der Waals surface area contributed by atoms with E-state index in [9.17, 15) is 26.7 Å². The maximum Gasteiger partial charge on any atom is 0.368 e. The molecule has 0 saturated heterocycles. The molecule has 164 valence electrons. The lowest BCUT2D eigenvalue weighted by atomic mass is 9.98. The standard InChI is InChI=1S/C22H20F3NO4S/c1-3-22(24,25)31(28,29)20-7-6-19(13(2)21(20)18(27)10-14-4-5-14)30-17-9-15(12-26)8-16(23)11-17/h3,6-9,11,14,18,27H,1,4-5,10H2,2H3. The highest BCUT2D eigenvalue weighted by Gasteiger charge is 2.45. The lowest BCUT2D eigenvalue weighted by Crippen LogP contribution is -2.28. The first kappa shape index (κ1) is 22.8. The lowest BCUT2D eigenvalue weighted by Gasteiger charge is -2.23. The molecule has 31 heavy (non-hydrogen) atoms. The largest absolute Gasteiger partial charge is 0.457 e. The van der Waals surface area contributed by atoms with Crippen molar-refractivity contribution in [1.82, 2.24) is 0 Å². The van der Waals surface area contributed by atoms with E-state index >= 15 is 0 Å². The van der Waals surface area contributed by atoms with Gasteiger partial charge in [0, 0.05) is 11.6 Å².